The molecule has 3 aromatic rings. The number of anilines is 1. The molecule has 1 aliphatic rings. The molecule has 0 aliphatic carbocycles. The average molecular weight is 464 g/mol. The lowest BCUT2D eigenvalue weighted by atomic mass is 10.2. The third kappa shape index (κ3) is 4.96. The highest BCUT2D eigenvalue weighted by Crippen LogP contribution is 2.30. The number of ether oxygens (including phenoxy) is 1. The van der Waals surface area contributed by atoms with Gasteiger partial charge < -0.3 is 9.64 Å². The maximum absolute atomic E-state index is 12.3. The van der Waals surface area contributed by atoms with E-state index in [2.05, 4.69) is 25.7 Å². The monoisotopic (exact) mass is 463 g/mol. The Morgan fingerprint density at radius 3 is 2.70 bits per heavy atom. The standard InChI is InChI=1S/C19H18ClN5O3S2/c20-14-4-2-1-3-13(14)18-21-12(10-29-18)9-16(26)23-24-17(27)15-11-30-19(22-15)25-5-7-28-8-6-25/h1-4,10-11H,5-9H2,(H,23,26)(H,24,27). The average Bonchev–Trinajstić information content (AvgIpc) is 3.43. The molecule has 1 saturated heterocycles. The summed E-state index contributed by atoms with van der Waals surface area (Å²) in [6, 6.07) is 7.41. The maximum Gasteiger partial charge on any atom is 0.289 e. The van der Waals surface area contributed by atoms with E-state index in [1.54, 1.807) is 16.8 Å². The highest BCUT2D eigenvalue weighted by Gasteiger charge is 2.18. The van der Waals surface area contributed by atoms with Crippen molar-refractivity contribution < 1.29 is 14.3 Å². The molecule has 0 radical (unpaired) electrons. The van der Waals surface area contributed by atoms with E-state index in [0.717, 1.165) is 28.8 Å². The molecule has 1 aliphatic heterocycles. The van der Waals surface area contributed by atoms with Gasteiger partial charge in [0.1, 0.15) is 10.7 Å². The summed E-state index contributed by atoms with van der Waals surface area (Å²) < 4.78 is 5.32. The fraction of sp³-hybridized carbons (Fsp3) is 0.263. The molecule has 2 aromatic heterocycles. The minimum atomic E-state index is -0.464. The topological polar surface area (TPSA) is 96.5 Å². The Labute approximate surface area is 185 Å². The van der Waals surface area contributed by atoms with Crippen LogP contribution in [-0.2, 0) is 16.0 Å². The number of carbonyl (C=O) groups excluding carboxylic acids is 2. The van der Waals surface area contributed by atoms with Crippen molar-refractivity contribution in [1.29, 1.82) is 0 Å². The van der Waals surface area contributed by atoms with Crippen LogP contribution < -0.4 is 15.8 Å². The number of amides is 2. The fourth-order valence-corrected chi connectivity index (χ4v) is 4.81. The summed E-state index contributed by atoms with van der Waals surface area (Å²) >= 11 is 8.99. The second-order valence-electron chi connectivity index (χ2n) is 6.42. The predicted octanol–water partition coefficient (Wildman–Crippen LogP) is 2.76. The number of hydrazine groups is 1. The number of rotatable bonds is 5. The van der Waals surface area contributed by atoms with Gasteiger partial charge in [-0.2, -0.15) is 0 Å². The predicted molar refractivity (Wildman–Crippen MR) is 117 cm³/mol. The van der Waals surface area contributed by atoms with E-state index in [-0.39, 0.29) is 18.0 Å². The van der Waals surface area contributed by atoms with Gasteiger partial charge in [0.15, 0.2) is 5.13 Å². The van der Waals surface area contributed by atoms with Gasteiger partial charge in [0.05, 0.1) is 30.4 Å². The maximum atomic E-state index is 12.3. The van der Waals surface area contributed by atoms with E-state index in [9.17, 15) is 9.59 Å². The van der Waals surface area contributed by atoms with Gasteiger partial charge in [-0.15, -0.1) is 22.7 Å². The Balaban J connectivity index is 1.29. The second-order valence-corrected chi connectivity index (χ2v) is 8.52. The van der Waals surface area contributed by atoms with E-state index in [4.69, 9.17) is 16.3 Å². The first kappa shape index (κ1) is 20.7. The van der Waals surface area contributed by atoms with Gasteiger partial charge in [-0.1, -0.05) is 29.8 Å². The van der Waals surface area contributed by atoms with Crippen LogP contribution in [0, 0.1) is 0 Å². The van der Waals surface area contributed by atoms with Crippen molar-refractivity contribution in [2.24, 2.45) is 0 Å². The quantitative estimate of drug-likeness (QED) is 0.565. The number of benzene rings is 1. The minimum Gasteiger partial charge on any atom is -0.378 e. The van der Waals surface area contributed by atoms with Gasteiger partial charge in [0.25, 0.3) is 5.91 Å². The Kier molecular flexibility index (Phi) is 6.58. The Hall–Kier alpha value is -2.53. The molecular formula is C19H18ClN5O3S2. The van der Waals surface area contributed by atoms with E-state index in [1.807, 2.05) is 18.2 Å². The first-order valence-electron chi connectivity index (χ1n) is 9.17. The smallest absolute Gasteiger partial charge is 0.289 e. The van der Waals surface area contributed by atoms with Crippen molar-refractivity contribution in [1.82, 2.24) is 20.8 Å². The zero-order valence-corrected chi connectivity index (χ0v) is 18.1. The molecule has 0 unspecified atom stereocenters. The van der Waals surface area contributed by atoms with Gasteiger partial charge in [-0.25, -0.2) is 9.97 Å². The van der Waals surface area contributed by atoms with Crippen LogP contribution in [0.4, 0.5) is 5.13 Å². The van der Waals surface area contributed by atoms with Gasteiger partial charge in [0.2, 0.25) is 5.91 Å². The Morgan fingerprint density at radius 1 is 1.10 bits per heavy atom. The summed E-state index contributed by atoms with van der Waals surface area (Å²) in [6.07, 6.45) is 0.0390. The van der Waals surface area contributed by atoms with Gasteiger partial charge in [-0.05, 0) is 6.07 Å². The molecule has 0 saturated carbocycles. The van der Waals surface area contributed by atoms with Crippen molar-refractivity contribution in [3.63, 3.8) is 0 Å². The van der Waals surface area contributed by atoms with Gasteiger partial charge >= 0.3 is 0 Å². The van der Waals surface area contributed by atoms with Crippen molar-refractivity contribution >= 4 is 51.2 Å². The molecular weight excluding hydrogens is 446 g/mol. The fourth-order valence-electron chi connectivity index (χ4n) is 2.81. The molecule has 8 nitrogen and oxygen atoms in total. The number of aromatic nitrogens is 2. The van der Waals surface area contributed by atoms with Crippen LogP contribution in [0.15, 0.2) is 35.0 Å². The summed E-state index contributed by atoms with van der Waals surface area (Å²) in [7, 11) is 0. The van der Waals surface area contributed by atoms with Crippen LogP contribution in [-0.4, -0.2) is 48.1 Å². The lowest BCUT2D eigenvalue weighted by Gasteiger charge is -2.25. The van der Waals surface area contributed by atoms with E-state index in [0.29, 0.717) is 23.9 Å². The number of nitrogens with zero attached hydrogens (tertiary/aromatic N) is 3. The van der Waals surface area contributed by atoms with Crippen LogP contribution in [0.1, 0.15) is 16.2 Å². The first-order chi connectivity index (χ1) is 14.6. The number of morpholine rings is 1. The summed E-state index contributed by atoms with van der Waals surface area (Å²) in [5, 5.41) is 5.59. The van der Waals surface area contributed by atoms with Crippen molar-refractivity contribution in [3.8, 4) is 10.6 Å². The molecule has 156 valence electrons. The lowest BCUT2D eigenvalue weighted by molar-refractivity contribution is -0.121. The van der Waals surface area contributed by atoms with Crippen LogP contribution in [0.25, 0.3) is 10.6 Å². The van der Waals surface area contributed by atoms with Crippen molar-refractivity contribution in [2.75, 3.05) is 31.2 Å². The number of nitrogens with one attached hydrogen (secondary N) is 2. The molecule has 2 amide bonds. The number of hydrogen-bond donors (Lipinski definition) is 2. The van der Waals surface area contributed by atoms with Crippen LogP contribution >= 0.6 is 34.3 Å². The van der Waals surface area contributed by atoms with Crippen molar-refractivity contribution in [3.05, 3.63) is 51.4 Å². The molecule has 0 atom stereocenters. The molecule has 11 heteroatoms. The summed E-state index contributed by atoms with van der Waals surface area (Å²) in [5.41, 5.74) is 6.49. The number of thiazole rings is 2. The summed E-state index contributed by atoms with van der Waals surface area (Å²) in [6.45, 7) is 2.78. The van der Waals surface area contributed by atoms with Crippen LogP contribution in [0.2, 0.25) is 5.02 Å². The SMILES string of the molecule is O=C(Cc1csc(-c2ccccc2Cl)n1)NNC(=O)c1csc(N2CCOCC2)n1. The highest BCUT2D eigenvalue weighted by molar-refractivity contribution is 7.14. The van der Waals surface area contributed by atoms with Crippen LogP contribution in [0.5, 0.6) is 0 Å². The van der Waals surface area contributed by atoms with E-state index in [1.165, 1.54) is 22.7 Å². The molecule has 0 bridgehead atoms. The molecule has 2 N–H and O–H groups in total. The molecule has 30 heavy (non-hydrogen) atoms. The highest BCUT2D eigenvalue weighted by atomic mass is 35.5. The number of hydrogen-bond acceptors (Lipinski definition) is 8. The second kappa shape index (κ2) is 9.52. The van der Waals surface area contributed by atoms with Crippen LogP contribution in [0.3, 0.4) is 0 Å². The normalized spacial score (nSPS) is 13.8. The minimum absolute atomic E-state index is 0.0390. The first-order valence-corrected chi connectivity index (χ1v) is 11.3. The molecule has 0 spiro atoms. The molecule has 4 rings (SSSR count). The third-order valence-corrected chi connectivity index (χ3v) is 6.47. The van der Waals surface area contributed by atoms with Gasteiger partial charge in [0, 0.05) is 29.4 Å². The number of carbonyl (C=O) groups is 2. The Bertz CT molecular complexity index is 1050. The summed E-state index contributed by atoms with van der Waals surface area (Å²) in [5.74, 6) is -0.836. The van der Waals surface area contributed by atoms with E-state index < -0.39 is 5.91 Å². The molecule has 1 fully saturated rings. The molecule has 1 aromatic carbocycles. The number of halogens is 1. The Morgan fingerprint density at radius 2 is 1.90 bits per heavy atom. The summed E-state index contributed by atoms with van der Waals surface area (Å²) in [4.78, 5) is 35.3. The van der Waals surface area contributed by atoms with Gasteiger partial charge in [-0.3, -0.25) is 20.4 Å². The zero-order chi connectivity index (χ0) is 20.9. The third-order valence-electron chi connectivity index (χ3n) is 4.32. The van der Waals surface area contributed by atoms with E-state index >= 15 is 0 Å². The lowest BCUT2D eigenvalue weighted by Crippen LogP contribution is -2.42. The van der Waals surface area contributed by atoms with Crippen molar-refractivity contribution in [2.45, 2.75) is 6.42 Å². The molecule has 3 heterocycles. The zero-order valence-electron chi connectivity index (χ0n) is 15.8. The largest absolute Gasteiger partial charge is 0.378 e.